The van der Waals surface area contributed by atoms with Crippen LogP contribution in [0.15, 0.2) is 28.9 Å². The molecule has 1 aromatic heterocycles. The van der Waals surface area contributed by atoms with Gasteiger partial charge >= 0.3 is 5.97 Å². The van der Waals surface area contributed by atoms with Crippen LogP contribution in [-0.2, 0) is 0 Å². The van der Waals surface area contributed by atoms with Gasteiger partial charge in [-0.05, 0) is 12.1 Å². The van der Waals surface area contributed by atoms with E-state index in [-0.39, 0.29) is 22.4 Å². The van der Waals surface area contributed by atoms with Crippen molar-refractivity contribution in [3.8, 4) is 0 Å². The highest BCUT2D eigenvalue weighted by molar-refractivity contribution is 6.31. The first-order valence-electron chi connectivity index (χ1n) is 4.48. The predicted molar refractivity (Wildman–Crippen MR) is 58.2 cm³/mol. The topological polar surface area (TPSA) is 75.4 Å². The van der Waals surface area contributed by atoms with E-state index in [1.54, 1.807) is 0 Å². The molecule has 2 rings (SSSR count). The lowest BCUT2D eigenvalue weighted by molar-refractivity contribution is 0.0690. The summed E-state index contributed by atoms with van der Waals surface area (Å²) in [5.41, 5.74) is -0.216. The first-order chi connectivity index (χ1) is 8.08. The van der Waals surface area contributed by atoms with Gasteiger partial charge in [-0.3, -0.25) is 0 Å². The number of nitrogens with one attached hydrogen (secondary N) is 1. The molecule has 0 saturated heterocycles. The van der Waals surface area contributed by atoms with Gasteiger partial charge in [0.25, 0.3) is 6.01 Å². The molecule has 0 atom stereocenters. The van der Waals surface area contributed by atoms with Gasteiger partial charge in [-0.25, -0.2) is 9.18 Å². The van der Waals surface area contributed by atoms with Crippen LogP contribution < -0.4 is 5.32 Å². The van der Waals surface area contributed by atoms with E-state index < -0.39 is 11.8 Å². The molecular formula is C10H6ClFN2O3. The maximum absolute atomic E-state index is 13.5. The summed E-state index contributed by atoms with van der Waals surface area (Å²) in [6, 6.07) is 4.23. The molecule has 5 nitrogen and oxygen atoms in total. The van der Waals surface area contributed by atoms with Crippen LogP contribution in [-0.4, -0.2) is 16.1 Å². The van der Waals surface area contributed by atoms with Crippen molar-refractivity contribution < 1.29 is 18.7 Å². The van der Waals surface area contributed by atoms with E-state index in [1.165, 1.54) is 18.2 Å². The molecular weight excluding hydrogens is 251 g/mol. The lowest BCUT2D eigenvalue weighted by Gasteiger charge is -2.03. The standard InChI is InChI=1S/C10H6ClFN2O3/c11-5-2-1-3-6(8(5)12)13-10-14-7(4-17-10)9(15)16/h1-4H,(H,13,14)(H,15,16). The average Bonchev–Trinajstić information content (AvgIpc) is 2.73. The van der Waals surface area contributed by atoms with Crippen LogP contribution in [0.3, 0.4) is 0 Å². The minimum absolute atomic E-state index is 0.0521. The van der Waals surface area contributed by atoms with Crippen LogP contribution in [0, 0.1) is 5.82 Å². The van der Waals surface area contributed by atoms with E-state index in [4.69, 9.17) is 21.1 Å². The fourth-order valence-electron chi connectivity index (χ4n) is 1.14. The predicted octanol–water partition coefficient (Wildman–Crippen LogP) is 2.91. The van der Waals surface area contributed by atoms with Gasteiger partial charge in [0.15, 0.2) is 11.5 Å². The Hall–Kier alpha value is -2.08. The van der Waals surface area contributed by atoms with Gasteiger partial charge in [0.05, 0.1) is 10.7 Å². The van der Waals surface area contributed by atoms with Gasteiger partial charge in [-0.1, -0.05) is 17.7 Å². The molecule has 2 N–H and O–H groups in total. The monoisotopic (exact) mass is 256 g/mol. The van der Waals surface area contributed by atoms with Crippen molar-refractivity contribution >= 4 is 29.3 Å². The van der Waals surface area contributed by atoms with Crippen LogP contribution >= 0.6 is 11.6 Å². The summed E-state index contributed by atoms with van der Waals surface area (Å²) in [4.78, 5) is 14.1. The number of benzene rings is 1. The van der Waals surface area contributed by atoms with Crippen molar-refractivity contribution in [1.29, 1.82) is 0 Å². The lowest BCUT2D eigenvalue weighted by atomic mass is 10.3. The van der Waals surface area contributed by atoms with E-state index in [1.807, 2.05) is 0 Å². The minimum Gasteiger partial charge on any atom is -0.476 e. The van der Waals surface area contributed by atoms with Crippen molar-refractivity contribution in [2.45, 2.75) is 0 Å². The number of hydrogen-bond acceptors (Lipinski definition) is 4. The molecule has 0 fully saturated rings. The van der Waals surface area contributed by atoms with Gasteiger partial charge in [-0.2, -0.15) is 4.98 Å². The number of carbonyl (C=O) groups is 1. The molecule has 0 spiro atoms. The second-order valence-electron chi connectivity index (χ2n) is 3.07. The van der Waals surface area contributed by atoms with E-state index in [9.17, 15) is 9.18 Å². The molecule has 1 aromatic carbocycles. The first kappa shape index (κ1) is 11.4. The number of halogens is 2. The highest BCUT2D eigenvalue weighted by atomic mass is 35.5. The summed E-state index contributed by atoms with van der Waals surface area (Å²) in [5.74, 6) is -1.89. The van der Waals surface area contributed by atoms with Crippen molar-refractivity contribution in [1.82, 2.24) is 4.98 Å². The Morgan fingerprint density at radius 1 is 1.53 bits per heavy atom. The number of carboxylic acids is 1. The molecule has 0 amide bonds. The normalized spacial score (nSPS) is 10.2. The average molecular weight is 257 g/mol. The third kappa shape index (κ3) is 2.36. The Morgan fingerprint density at radius 2 is 2.29 bits per heavy atom. The molecule has 0 aliphatic heterocycles. The lowest BCUT2D eigenvalue weighted by Crippen LogP contribution is -1.98. The van der Waals surface area contributed by atoms with Gasteiger partial charge < -0.3 is 14.8 Å². The van der Waals surface area contributed by atoms with Gasteiger partial charge in [0, 0.05) is 0 Å². The van der Waals surface area contributed by atoms with E-state index in [0.29, 0.717) is 0 Å². The van der Waals surface area contributed by atoms with Crippen molar-refractivity contribution in [3.63, 3.8) is 0 Å². The summed E-state index contributed by atoms with van der Waals surface area (Å²) in [7, 11) is 0. The van der Waals surface area contributed by atoms with Gasteiger partial charge in [0.2, 0.25) is 0 Å². The minimum atomic E-state index is -1.23. The number of oxazole rings is 1. The molecule has 2 aromatic rings. The summed E-state index contributed by atoms with van der Waals surface area (Å²) >= 11 is 5.58. The Morgan fingerprint density at radius 3 is 2.94 bits per heavy atom. The zero-order chi connectivity index (χ0) is 12.4. The fourth-order valence-corrected chi connectivity index (χ4v) is 1.32. The second-order valence-corrected chi connectivity index (χ2v) is 3.48. The Bertz CT molecular complexity index is 570. The highest BCUT2D eigenvalue weighted by Gasteiger charge is 2.12. The van der Waals surface area contributed by atoms with E-state index in [0.717, 1.165) is 6.26 Å². The second kappa shape index (κ2) is 4.42. The number of aromatic nitrogens is 1. The zero-order valence-electron chi connectivity index (χ0n) is 8.28. The Balaban J connectivity index is 2.25. The quantitative estimate of drug-likeness (QED) is 0.883. The summed E-state index contributed by atoms with van der Waals surface area (Å²) in [6.45, 7) is 0. The van der Waals surface area contributed by atoms with Gasteiger partial charge in [-0.15, -0.1) is 0 Å². The first-order valence-corrected chi connectivity index (χ1v) is 4.85. The molecule has 17 heavy (non-hydrogen) atoms. The maximum atomic E-state index is 13.5. The molecule has 1 heterocycles. The summed E-state index contributed by atoms with van der Waals surface area (Å²) in [6.07, 6.45) is 0.952. The number of carboxylic acid groups (broad SMARTS) is 1. The largest absolute Gasteiger partial charge is 0.476 e. The molecule has 0 unspecified atom stereocenters. The molecule has 0 bridgehead atoms. The number of hydrogen-bond donors (Lipinski definition) is 2. The van der Waals surface area contributed by atoms with E-state index in [2.05, 4.69) is 10.3 Å². The van der Waals surface area contributed by atoms with Crippen LogP contribution in [0.1, 0.15) is 10.5 Å². The SMILES string of the molecule is O=C(O)c1coc(Nc2cccc(Cl)c2F)n1. The van der Waals surface area contributed by atoms with E-state index >= 15 is 0 Å². The summed E-state index contributed by atoms with van der Waals surface area (Å²) < 4.78 is 18.3. The molecule has 88 valence electrons. The third-order valence-electron chi connectivity index (χ3n) is 1.92. The number of nitrogens with zero attached hydrogens (tertiary/aromatic N) is 1. The van der Waals surface area contributed by atoms with Crippen molar-refractivity contribution in [2.75, 3.05) is 5.32 Å². The molecule has 0 aliphatic carbocycles. The van der Waals surface area contributed by atoms with Crippen molar-refractivity contribution in [3.05, 3.63) is 41.0 Å². The third-order valence-corrected chi connectivity index (χ3v) is 2.21. The van der Waals surface area contributed by atoms with Gasteiger partial charge in [0.1, 0.15) is 6.26 Å². The highest BCUT2D eigenvalue weighted by Crippen LogP contribution is 2.24. The number of rotatable bonds is 3. The number of anilines is 2. The molecule has 0 saturated carbocycles. The van der Waals surface area contributed by atoms with Crippen LogP contribution in [0.25, 0.3) is 0 Å². The summed E-state index contributed by atoms with van der Waals surface area (Å²) in [5, 5.41) is 11.0. The van der Waals surface area contributed by atoms with Crippen LogP contribution in [0.5, 0.6) is 0 Å². The molecule has 7 heteroatoms. The number of aromatic carboxylic acids is 1. The maximum Gasteiger partial charge on any atom is 0.357 e. The zero-order valence-corrected chi connectivity index (χ0v) is 9.03. The van der Waals surface area contributed by atoms with Crippen LogP contribution in [0.2, 0.25) is 5.02 Å². The Labute approximate surface area is 99.8 Å². The smallest absolute Gasteiger partial charge is 0.357 e. The Kier molecular flexibility index (Phi) is 2.97. The molecule has 0 radical (unpaired) electrons. The van der Waals surface area contributed by atoms with Crippen molar-refractivity contribution in [2.24, 2.45) is 0 Å². The molecule has 0 aliphatic rings. The van der Waals surface area contributed by atoms with Crippen LogP contribution in [0.4, 0.5) is 16.1 Å². The fraction of sp³-hybridized carbons (Fsp3) is 0.